The first-order valence-corrected chi connectivity index (χ1v) is 10.3. The maximum atomic E-state index is 11.5. The molecule has 4 N–H and O–H groups in total. The summed E-state index contributed by atoms with van der Waals surface area (Å²) in [6.07, 6.45) is 1.70. The average Bonchev–Trinajstić information content (AvgIpc) is 3.29. The molecule has 0 spiro atoms. The topological polar surface area (TPSA) is 148 Å². The summed E-state index contributed by atoms with van der Waals surface area (Å²) in [6, 6.07) is 10.1. The Kier molecular flexibility index (Phi) is 14.0. The van der Waals surface area contributed by atoms with E-state index in [2.05, 4.69) is 19.2 Å². The van der Waals surface area contributed by atoms with Crippen LogP contribution in [0.1, 0.15) is 43.0 Å². The van der Waals surface area contributed by atoms with Gasteiger partial charge in [-0.2, -0.15) is 0 Å². The fourth-order valence-electron chi connectivity index (χ4n) is 4.25. The number of carboxylic acids is 1. The van der Waals surface area contributed by atoms with Gasteiger partial charge in [0, 0.05) is 32.8 Å². The van der Waals surface area contributed by atoms with Crippen molar-refractivity contribution in [2.45, 2.75) is 25.7 Å². The molecule has 3 amide bonds. The third-order valence-corrected chi connectivity index (χ3v) is 6.23. The zero-order valence-corrected chi connectivity index (χ0v) is 27.1. The van der Waals surface area contributed by atoms with E-state index in [4.69, 9.17) is 16.6 Å². The first-order chi connectivity index (χ1) is 15.4. The van der Waals surface area contributed by atoms with E-state index in [1.54, 1.807) is 31.3 Å². The molecule has 8 nitrogen and oxygen atoms in total. The number of amides is 3. The van der Waals surface area contributed by atoms with Crippen LogP contribution in [0.5, 0.6) is 0 Å². The van der Waals surface area contributed by atoms with Gasteiger partial charge in [-0.1, -0.05) is 12.1 Å². The summed E-state index contributed by atoms with van der Waals surface area (Å²) in [5.41, 5.74) is 17.1. The number of carboxylic acid groups (broad SMARTS) is 1. The van der Waals surface area contributed by atoms with Crippen LogP contribution in [-0.2, 0) is 35.3 Å². The van der Waals surface area contributed by atoms with Crippen LogP contribution in [0.25, 0.3) is 11.5 Å². The Morgan fingerprint density at radius 2 is 1.14 bits per heavy atom. The van der Waals surface area contributed by atoms with Crippen molar-refractivity contribution >= 4 is 32.1 Å². The number of rotatable bonds is 4. The maximum Gasteiger partial charge on any atom is 1.00 e. The van der Waals surface area contributed by atoms with Gasteiger partial charge in [0.05, 0.1) is 5.56 Å². The molecule has 0 bridgehead atoms. The molecule has 2 aliphatic carbocycles. The zero-order valence-electron chi connectivity index (χ0n) is 20.9. The van der Waals surface area contributed by atoms with Crippen molar-refractivity contribution in [2.75, 3.05) is 7.05 Å². The molecule has 2 atom stereocenters. The molecule has 0 heterocycles. The van der Waals surface area contributed by atoms with Crippen molar-refractivity contribution in [1.82, 2.24) is 5.32 Å². The largest absolute Gasteiger partial charge is 1.00 e. The minimum Gasteiger partial charge on any atom is -0.670 e. The second-order valence-electron chi connectivity index (χ2n) is 8.78. The fraction of sp³-hybridized carbons (Fsp3) is 0.280. The second-order valence-corrected chi connectivity index (χ2v) is 8.78. The van der Waals surface area contributed by atoms with Crippen LogP contribution in [0.15, 0.2) is 36.4 Å². The van der Waals surface area contributed by atoms with Crippen molar-refractivity contribution in [1.29, 1.82) is 0 Å². The number of hydrogen-bond donors (Lipinski definition) is 2. The Labute approximate surface area is 298 Å². The van der Waals surface area contributed by atoms with E-state index in [-0.39, 0.29) is 123 Å². The summed E-state index contributed by atoms with van der Waals surface area (Å²) < 4.78 is 0. The molecule has 2 aliphatic rings. The van der Waals surface area contributed by atoms with Gasteiger partial charge in [-0.25, -0.2) is 4.79 Å². The number of carbonyl (C=O) groups excluding carboxylic acids is 3. The van der Waals surface area contributed by atoms with Crippen molar-refractivity contribution in [3.05, 3.63) is 95.1 Å². The van der Waals surface area contributed by atoms with Gasteiger partial charge in [-0.15, -0.1) is 10.8 Å². The van der Waals surface area contributed by atoms with Gasteiger partial charge in [0.25, 0.3) is 5.91 Å². The number of nitrogens with one attached hydrogen (secondary N) is 3. The molecular weight excluding hydrogens is 511 g/mol. The summed E-state index contributed by atoms with van der Waals surface area (Å²) in [5.74, 6) is -2.47. The quantitative estimate of drug-likeness (QED) is 0.317. The molecule has 11 heteroatoms. The van der Waals surface area contributed by atoms with E-state index in [1.807, 2.05) is 6.07 Å². The second kappa shape index (κ2) is 14.2. The number of hydrogen-bond acceptors (Lipinski definition) is 4. The van der Waals surface area contributed by atoms with Gasteiger partial charge < -0.3 is 45.3 Å². The van der Waals surface area contributed by atoms with Gasteiger partial charge in [0.15, 0.2) is 0 Å². The van der Waals surface area contributed by atoms with Crippen molar-refractivity contribution in [3.8, 4) is 0 Å². The molecule has 2 aromatic rings. The van der Waals surface area contributed by atoms with E-state index in [9.17, 15) is 19.2 Å². The van der Waals surface area contributed by atoms with Crippen LogP contribution >= 0.6 is 0 Å². The molecule has 177 valence electrons. The van der Waals surface area contributed by atoms with E-state index < -0.39 is 28.6 Å². The van der Waals surface area contributed by atoms with Crippen LogP contribution in [0.4, 0.5) is 0 Å². The molecule has 4 rings (SSSR count). The fourth-order valence-corrected chi connectivity index (χ4v) is 4.25. The summed E-state index contributed by atoms with van der Waals surface area (Å²) >= 11 is 0. The molecule has 36 heavy (non-hydrogen) atoms. The van der Waals surface area contributed by atoms with Gasteiger partial charge in [0.1, 0.15) is 0 Å². The molecule has 3 radical (unpaired) electrons. The molecule has 0 fully saturated rings. The Morgan fingerprint density at radius 1 is 0.778 bits per heavy atom. The zero-order chi connectivity index (χ0) is 24.6. The summed E-state index contributed by atoms with van der Waals surface area (Å²) in [6.45, 7) is 7.61. The van der Waals surface area contributed by atoms with Crippen molar-refractivity contribution in [2.24, 2.45) is 10.8 Å². The number of aromatic carboxylic acids is 1. The van der Waals surface area contributed by atoms with E-state index in [1.165, 1.54) is 6.07 Å². The molecule has 0 aromatic heterocycles. The van der Waals surface area contributed by atoms with Gasteiger partial charge in [0.2, 0.25) is 0 Å². The molecule has 0 saturated carbocycles. The molecule has 0 saturated heterocycles. The van der Waals surface area contributed by atoms with Crippen LogP contribution in [0, 0.1) is 24.7 Å². The Hall–Kier alpha value is -0.342. The third kappa shape index (κ3) is 7.84. The van der Waals surface area contributed by atoms with Gasteiger partial charge in [-0.05, 0) is 72.2 Å². The average molecular weight is 536 g/mol. The molecule has 0 aliphatic heterocycles. The van der Waals surface area contributed by atoms with Crippen LogP contribution in [-0.4, -0.2) is 44.3 Å². The molecule has 2 unspecified atom stereocenters. The van der Waals surface area contributed by atoms with Crippen LogP contribution in [0.2, 0.25) is 0 Å². The van der Waals surface area contributed by atoms with E-state index in [0.717, 1.165) is 22.3 Å². The van der Waals surface area contributed by atoms with Crippen LogP contribution < -0.4 is 108 Å². The number of fused-ring (bicyclic) bond motifs is 2. The van der Waals surface area contributed by atoms with Crippen molar-refractivity contribution < 1.29 is 127 Å². The monoisotopic (exact) mass is 536 g/mol. The SMILES string of the molecule is [B].[CH2-]C1(C([NH-])=O)Cc2ccc(C(=O)NC)cc2C1.[CH2-]C1(C([NH-])=O)Cc2ccc(C(=O)O)cc2C1.[K+].[K+]. The van der Waals surface area contributed by atoms with Gasteiger partial charge in [-0.3, -0.25) is 4.79 Å². The standard InChI is InChI=1S/C13H15N2O2.C12H12NO3.B.2K/c1-13(12(14)17)6-9-4-3-8(11(16)15-2)5-10(9)7-13;1-12(11(13)16)5-8-3-2-7(10(14)15)4-9(8)6-12;;;/h3-5H,1,6-7H2,2H3,(H3,14,15,16,17);2-4H,1,5-6H2,(H3,13,14,15,16);;;/q2*-1;;2*+1/p-2. The van der Waals surface area contributed by atoms with E-state index >= 15 is 0 Å². The van der Waals surface area contributed by atoms with Crippen LogP contribution in [0.3, 0.4) is 0 Å². The predicted molar refractivity (Wildman–Crippen MR) is 128 cm³/mol. The minimum atomic E-state index is -0.985. The normalized spacial score (nSPS) is 20.5. The number of benzene rings is 2. The first kappa shape index (κ1) is 35.7. The third-order valence-electron chi connectivity index (χ3n) is 6.23. The Balaban J connectivity index is 0.000000629. The number of carbonyl (C=O) groups is 4. The van der Waals surface area contributed by atoms with Crippen molar-refractivity contribution in [3.63, 3.8) is 0 Å². The van der Waals surface area contributed by atoms with Gasteiger partial charge >= 0.3 is 109 Å². The predicted octanol–water partition coefficient (Wildman–Crippen LogP) is -2.95. The minimum absolute atomic E-state index is 0. The maximum absolute atomic E-state index is 11.5. The summed E-state index contributed by atoms with van der Waals surface area (Å²) in [4.78, 5) is 44.6. The molecule has 2 aromatic carbocycles. The Morgan fingerprint density at radius 3 is 1.50 bits per heavy atom. The summed E-state index contributed by atoms with van der Waals surface area (Å²) in [5, 5.41) is 11.4. The Bertz CT molecular complexity index is 1180. The smallest absolute Gasteiger partial charge is 0.670 e. The summed E-state index contributed by atoms with van der Waals surface area (Å²) in [7, 11) is 1.58. The first-order valence-electron chi connectivity index (χ1n) is 10.3. The molecular formula is C25H25BK2N3O5-2. The van der Waals surface area contributed by atoms with E-state index in [0.29, 0.717) is 31.2 Å².